The van der Waals surface area contributed by atoms with Crippen LogP contribution < -0.4 is 0 Å². The summed E-state index contributed by atoms with van der Waals surface area (Å²) in [4.78, 5) is 18.7. The average molecular weight is 342 g/mol. The van der Waals surface area contributed by atoms with Gasteiger partial charge >= 0.3 is 7.60 Å². The number of hydrogen-bond acceptors (Lipinski definition) is 4. The highest BCUT2D eigenvalue weighted by molar-refractivity contribution is 7.87. The third-order valence-corrected chi connectivity index (χ3v) is 5.37. The maximum absolute atomic E-state index is 12.2. The minimum absolute atomic E-state index is 0.0894. The topological polar surface area (TPSA) is 101 Å². The van der Waals surface area contributed by atoms with Gasteiger partial charge in [0, 0.05) is 0 Å². The summed E-state index contributed by atoms with van der Waals surface area (Å²) in [6, 6.07) is 13.3. The van der Waals surface area contributed by atoms with Gasteiger partial charge < -0.3 is 9.79 Å². The molecule has 0 aliphatic carbocycles. The third-order valence-electron chi connectivity index (χ3n) is 2.92. The van der Waals surface area contributed by atoms with Crippen molar-refractivity contribution in [2.24, 2.45) is 0 Å². The van der Waals surface area contributed by atoms with Gasteiger partial charge in [0.05, 0.1) is 4.90 Å². The largest absolute Gasteiger partial charge is 0.360 e. The zero-order chi connectivity index (χ0) is 16.4. The van der Waals surface area contributed by atoms with E-state index in [1.165, 1.54) is 24.3 Å². The lowest BCUT2D eigenvalue weighted by molar-refractivity contribution is 0.231. The Hall–Kier alpha value is -1.50. The molecule has 0 aliphatic rings. The van der Waals surface area contributed by atoms with Gasteiger partial charge in [-0.05, 0) is 24.6 Å². The van der Waals surface area contributed by atoms with E-state index in [2.05, 4.69) is 0 Å². The van der Waals surface area contributed by atoms with Crippen LogP contribution in [0, 0.1) is 6.92 Å². The molecule has 0 amide bonds. The normalized spacial score (nSPS) is 13.8. The van der Waals surface area contributed by atoms with Gasteiger partial charge in [-0.3, -0.25) is 4.57 Å². The fraction of sp³-hybridized carbons (Fsp3) is 0.143. The Morgan fingerprint density at radius 3 is 2.05 bits per heavy atom. The summed E-state index contributed by atoms with van der Waals surface area (Å²) in [5, 5.41) is 0. The zero-order valence-electron chi connectivity index (χ0n) is 11.7. The maximum Gasteiger partial charge on any atom is 0.360 e. The van der Waals surface area contributed by atoms with E-state index < -0.39 is 23.6 Å². The number of benzene rings is 2. The van der Waals surface area contributed by atoms with Crippen molar-refractivity contribution in [1.82, 2.24) is 0 Å². The van der Waals surface area contributed by atoms with Crippen molar-refractivity contribution < 1.29 is 27.0 Å². The highest BCUT2D eigenvalue weighted by atomic mass is 32.2. The second-order valence-electron chi connectivity index (χ2n) is 4.72. The molecule has 6 nitrogen and oxygen atoms in total. The SMILES string of the molecule is Cc1ccc(S(=O)(=O)OC(c2ccccc2)P(=O)(O)O)cc1. The Labute approximate surface area is 128 Å². The molecule has 1 atom stereocenters. The van der Waals surface area contributed by atoms with E-state index in [9.17, 15) is 22.8 Å². The Morgan fingerprint density at radius 2 is 1.55 bits per heavy atom. The van der Waals surface area contributed by atoms with Crippen LogP contribution in [0.1, 0.15) is 17.0 Å². The fourth-order valence-corrected chi connectivity index (χ4v) is 4.08. The quantitative estimate of drug-likeness (QED) is 0.640. The molecule has 0 radical (unpaired) electrons. The van der Waals surface area contributed by atoms with Crippen molar-refractivity contribution in [3.05, 3.63) is 65.7 Å². The van der Waals surface area contributed by atoms with Crippen LogP contribution in [0.5, 0.6) is 0 Å². The van der Waals surface area contributed by atoms with E-state index in [1.807, 2.05) is 0 Å². The van der Waals surface area contributed by atoms with E-state index in [-0.39, 0.29) is 10.5 Å². The predicted octanol–water partition coefficient (Wildman–Crippen LogP) is 2.58. The molecule has 2 N–H and O–H groups in total. The summed E-state index contributed by atoms with van der Waals surface area (Å²) in [7, 11) is -9.13. The van der Waals surface area contributed by atoms with Gasteiger partial charge in [-0.2, -0.15) is 8.42 Å². The molecule has 0 saturated carbocycles. The molecule has 0 spiro atoms. The fourth-order valence-electron chi connectivity index (χ4n) is 1.80. The lowest BCUT2D eigenvalue weighted by Gasteiger charge is -2.19. The van der Waals surface area contributed by atoms with E-state index in [1.54, 1.807) is 37.3 Å². The molecule has 2 aromatic rings. The summed E-state index contributed by atoms with van der Waals surface area (Å²) >= 11 is 0. The Kier molecular flexibility index (Phi) is 4.84. The molecular formula is C14H15O6PS. The number of rotatable bonds is 5. The summed E-state index contributed by atoms with van der Waals surface area (Å²) in [5.74, 6) is -1.87. The van der Waals surface area contributed by atoms with Crippen molar-refractivity contribution in [3.8, 4) is 0 Å². The van der Waals surface area contributed by atoms with Crippen LogP contribution in [0.3, 0.4) is 0 Å². The molecule has 118 valence electrons. The van der Waals surface area contributed by atoms with Crippen molar-refractivity contribution in [2.75, 3.05) is 0 Å². The Balaban J connectivity index is 2.39. The van der Waals surface area contributed by atoms with E-state index in [0.29, 0.717) is 0 Å². The van der Waals surface area contributed by atoms with Gasteiger partial charge in [0.15, 0.2) is 0 Å². The molecule has 2 aromatic carbocycles. The first kappa shape index (κ1) is 16.9. The maximum atomic E-state index is 12.2. The molecule has 2 rings (SSSR count). The summed E-state index contributed by atoms with van der Waals surface area (Å²) in [6.45, 7) is 1.79. The van der Waals surface area contributed by atoms with E-state index in [0.717, 1.165) is 5.56 Å². The van der Waals surface area contributed by atoms with Crippen LogP contribution in [-0.4, -0.2) is 18.2 Å². The van der Waals surface area contributed by atoms with Gasteiger partial charge in [-0.15, -0.1) is 0 Å². The van der Waals surface area contributed by atoms with Crippen LogP contribution in [0.25, 0.3) is 0 Å². The first-order chi connectivity index (χ1) is 10.2. The molecule has 0 heterocycles. The third kappa shape index (κ3) is 4.03. The van der Waals surface area contributed by atoms with Crippen molar-refractivity contribution in [3.63, 3.8) is 0 Å². The van der Waals surface area contributed by atoms with Gasteiger partial charge in [-0.25, -0.2) is 4.18 Å². The summed E-state index contributed by atoms with van der Waals surface area (Å²) in [6.07, 6.45) is 0. The smallest absolute Gasteiger partial charge is 0.322 e. The Bertz CT molecular complexity index is 780. The van der Waals surface area contributed by atoms with Gasteiger partial charge in [-0.1, -0.05) is 48.0 Å². The van der Waals surface area contributed by atoms with Crippen LogP contribution in [0.2, 0.25) is 0 Å². The van der Waals surface area contributed by atoms with Crippen molar-refractivity contribution in [2.45, 2.75) is 17.7 Å². The number of hydrogen-bond donors (Lipinski definition) is 2. The van der Waals surface area contributed by atoms with E-state index >= 15 is 0 Å². The molecule has 22 heavy (non-hydrogen) atoms. The summed E-state index contributed by atoms with van der Waals surface area (Å²) in [5.41, 5.74) is 0.945. The van der Waals surface area contributed by atoms with Crippen LogP contribution in [0.4, 0.5) is 0 Å². The van der Waals surface area contributed by atoms with Crippen LogP contribution >= 0.6 is 7.60 Å². The minimum Gasteiger partial charge on any atom is -0.322 e. The molecule has 0 saturated heterocycles. The van der Waals surface area contributed by atoms with Crippen LogP contribution in [0.15, 0.2) is 59.5 Å². The van der Waals surface area contributed by atoms with Crippen LogP contribution in [-0.2, 0) is 18.9 Å². The lowest BCUT2D eigenvalue weighted by atomic mass is 10.2. The highest BCUT2D eigenvalue weighted by Crippen LogP contribution is 2.53. The van der Waals surface area contributed by atoms with Gasteiger partial charge in [0.1, 0.15) is 0 Å². The Morgan fingerprint density at radius 1 is 1.00 bits per heavy atom. The first-order valence-electron chi connectivity index (χ1n) is 6.30. The highest BCUT2D eigenvalue weighted by Gasteiger charge is 2.36. The average Bonchev–Trinajstić information content (AvgIpc) is 2.45. The molecule has 0 bridgehead atoms. The van der Waals surface area contributed by atoms with Crippen molar-refractivity contribution in [1.29, 1.82) is 0 Å². The van der Waals surface area contributed by atoms with Gasteiger partial charge in [0.25, 0.3) is 10.1 Å². The van der Waals surface area contributed by atoms with Crippen molar-refractivity contribution >= 4 is 17.7 Å². The second-order valence-corrected chi connectivity index (χ2v) is 7.93. The molecule has 8 heteroatoms. The lowest BCUT2D eigenvalue weighted by Crippen LogP contribution is -2.13. The van der Waals surface area contributed by atoms with Gasteiger partial charge in [0.2, 0.25) is 5.85 Å². The molecule has 1 unspecified atom stereocenters. The first-order valence-corrected chi connectivity index (χ1v) is 9.39. The molecular weight excluding hydrogens is 327 g/mol. The molecule has 0 fully saturated rings. The number of aryl methyl sites for hydroxylation is 1. The zero-order valence-corrected chi connectivity index (χ0v) is 13.4. The monoisotopic (exact) mass is 342 g/mol. The predicted molar refractivity (Wildman–Crippen MR) is 80.7 cm³/mol. The minimum atomic E-state index is -4.83. The second kappa shape index (κ2) is 6.32. The molecule has 0 aromatic heterocycles. The molecule has 0 aliphatic heterocycles. The van der Waals surface area contributed by atoms with E-state index in [4.69, 9.17) is 4.18 Å². The summed E-state index contributed by atoms with van der Waals surface area (Å²) < 4.78 is 40.8. The standard InChI is InChI=1S/C14H15O6PS/c1-11-7-9-13(10-8-11)22(18,19)20-14(21(15,16)17)12-5-3-2-4-6-12/h2-10,14H,1H3,(H2,15,16,17).